The van der Waals surface area contributed by atoms with Gasteiger partial charge >= 0.3 is 0 Å². The molecule has 0 radical (unpaired) electrons. The van der Waals surface area contributed by atoms with Gasteiger partial charge in [0.25, 0.3) is 11.8 Å². The Morgan fingerprint density at radius 2 is 1.32 bits per heavy atom. The average Bonchev–Trinajstić information content (AvgIpc) is 2.86. The Balaban J connectivity index is 1.67. The maximum absolute atomic E-state index is 13.0. The molecule has 1 unspecified atom stereocenters. The van der Waals surface area contributed by atoms with E-state index in [2.05, 4.69) is 10.6 Å². The second-order valence-corrected chi connectivity index (χ2v) is 8.70. The summed E-state index contributed by atoms with van der Waals surface area (Å²) in [7, 11) is 3.15. The number of hydrogen-bond acceptors (Lipinski definition) is 5. The molecular weight excluding hydrogens is 434 g/mol. The lowest BCUT2D eigenvalue weighted by Crippen LogP contribution is -2.54. The van der Waals surface area contributed by atoms with Gasteiger partial charge in [-0.3, -0.25) is 14.4 Å². The number of piperidine rings is 1. The van der Waals surface area contributed by atoms with Crippen LogP contribution in [0.15, 0.2) is 48.5 Å². The molecule has 1 heterocycles. The highest BCUT2D eigenvalue weighted by Gasteiger charge is 2.34. The summed E-state index contributed by atoms with van der Waals surface area (Å²) in [5.74, 6) is 0.689. The van der Waals surface area contributed by atoms with Crippen molar-refractivity contribution in [3.63, 3.8) is 0 Å². The van der Waals surface area contributed by atoms with Gasteiger partial charge in [0.05, 0.1) is 14.2 Å². The Kier molecular flexibility index (Phi) is 8.51. The van der Waals surface area contributed by atoms with Gasteiger partial charge in [0, 0.05) is 30.3 Å². The molecule has 3 amide bonds. The molecule has 2 aromatic rings. The van der Waals surface area contributed by atoms with E-state index in [-0.39, 0.29) is 29.7 Å². The number of likely N-dealkylation sites (tertiary alicyclic amines) is 1. The van der Waals surface area contributed by atoms with Gasteiger partial charge in [-0.05, 0) is 81.1 Å². The van der Waals surface area contributed by atoms with Gasteiger partial charge in [-0.25, -0.2) is 0 Å². The maximum atomic E-state index is 13.0. The number of nitrogens with zero attached hydrogens (tertiary/aromatic N) is 1. The minimum Gasteiger partial charge on any atom is -0.497 e. The minimum atomic E-state index is -0.685. The highest BCUT2D eigenvalue weighted by Crippen LogP contribution is 2.24. The van der Waals surface area contributed by atoms with Crippen molar-refractivity contribution in [2.75, 3.05) is 27.3 Å². The Morgan fingerprint density at radius 3 is 1.79 bits per heavy atom. The van der Waals surface area contributed by atoms with Crippen LogP contribution in [-0.2, 0) is 4.79 Å². The van der Waals surface area contributed by atoms with Crippen LogP contribution in [0, 0.1) is 5.92 Å². The van der Waals surface area contributed by atoms with E-state index < -0.39 is 6.04 Å². The Hall–Kier alpha value is -3.55. The first-order chi connectivity index (χ1) is 16.3. The predicted octanol–water partition coefficient (Wildman–Crippen LogP) is 2.88. The molecule has 0 aromatic heterocycles. The van der Waals surface area contributed by atoms with Crippen molar-refractivity contribution in [1.29, 1.82) is 0 Å². The zero-order valence-corrected chi connectivity index (χ0v) is 20.2. The van der Waals surface area contributed by atoms with Crippen LogP contribution in [-0.4, -0.2) is 62.0 Å². The topological polar surface area (TPSA) is 97.0 Å². The van der Waals surface area contributed by atoms with Crippen molar-refractivity contribution in [2.45, 2.75) is 38.8 Å². The van der Waals surface area contributed by atoms with Gasteiger partial charge in [-0.1, -0.05) is 0 Å². The predicted molar refractivity (Wildman–Crippen MR) is 129 cm³/mol. The van der Waals surface area contributed by atoms with Gasteiger partial charge in [-0.15, -0.1) is 0 Å². The molecule has 1 saturated heterocycles. The molecule has 182 valence electrons. The van der Waals surface area contributed by atoms with E-state index in [4.69, 9.17) is 9.47 Å². The summed E-state index contributed by atoms with van der Waals surface area (Å²) < 4.78 is 10.3. The van der Waals surface area contributed by atoms with Gasteiger partial charge < -0.3 is 25.0 Å². The molecule has 2 aromatic carbocycles. The van der Waals surface area contributed by atoms with Crippen molar-refractivity contribution < 1.29 is 23.9 Å². The van der Waals surface area contributed by atoms with Crippen molar-refractivity contribution in [3.8, 4) is 11.5 Å². The molecule has 8 heteroatoms. The van der Waals surface area contributed by atoms with Crippen molar-refractivity contribution in [1.82, 2.24) is 15.5 Å². The van der Waals surface area contributed by atoms with E-state index in [0.717, 1.165) is 0 Å². The van der Waals surface area contributed by atoms with E-state index in [1.165, 1.54) is 0 Å². The van der Waals surface area contributed by atoms with Crippen LogP contribution in [0.1, 0.15) is 47.4 Å². The zero-order chi connectivity index (χ0) is 24.7. The molecule has 8 nitrogen and oxygen atoms in total. The SMILES string of the molecule is COc1ccc(C(=O)NC(C(=O)NC(C)C)C2CCN(C(=O)c3ccc(OC)cc3)CC2)cc1. The second kappa shape index (κ2) is 11.5. The molecule has 3 rings (SSSR count). The summed E-state index contributed by atoms with van der Waals surface area (Å²) in [6.45, 7) is 4.80. The van der Waals surface area contributed by atoms with E-state index >= 15 is 0 Å². The number of methoxy groups -OCH3 is 2. The van der Waals surface area contributed by atoms with Gasteiger partial charge in [0.1, 0.15) is 17.5 Å². The Morgan fingerprint density at radius 1 is 0.824 bits per heavy atom. The lowest BCUT2D eigenvalue weighted by molar-refractivity contribution is -0.125. The monoisotopic (exact) mass is 467 g/mol. The number of nitrogens with one attached hydrogen (secondary N) is 2. The molecule has 0 aliphatic carbocycles. The highest BCUT2D eigenvalue weighted by molar-refractivity contribution is 5.98. The average molecular weight is 468 g/mol. The molecule has 1 fully saturated rings. The number of benzene rings is 2. The maximum Gasteiger partial charge on any atom is 0.253 e. The number of amides is 3. The lowest BCUT2D eigenvalue weighted by atomic mass is 9.88. The molecule has 1 aliphatic heterocycles. The van der Waals surface area contributed by atoms with Gasteiger partial charge in [0.15, 0.2) is 0 Å². The van der Waals surface area contributed by atoms with E-state index in [9.17, 15) is 14.4 Å². The first kappa shape index (κ1) is 25.1. The normalized spacial score (nSPS) is 14.9. The molecule has 2 N–H and O–H groups in total. The third-order valence-corrected chi connectivity index (χ3v) is 5.99. The Labute approximate surface area is 200 Å². The lowest BCUT2D eigenvalue weighted by Gasteiger charge is -2.36. The fraction of sp³-hybridized carbons (Fsp3) is 0.423. The quantitative estimate of drug-likeness (QED) is 0.622. The number of ether oxygens (including phenoxy) is 2. The molecular formula is C26H33N3O5. The van der Waals surface area contributed by atoms with E-state index in [0.29, 0.717) is 48.6 Å². The van der Waals surface area contributed by atoms with Crippen LogP contribution in [0.3, 0.4) is 0 Å². The van der Waals surface area contributed by atoms with Crippen LogP contribution >= 0.6 is 0 Å². The van der Waals surface area contributed by atoms with E-state index in [1.807, 2.05) is 13.8 Å². The second-order valence-electron chi connectivity index (χ2n) is 8.70. The summed E-state index contributed by atoms with van der Waals surface area (Å²) in [5, 5.41) is 5.84. The van der Waals surface area contributed by atoms with Crippen LogP contribution in [0.5, 0.6) is 11.5 Å². The van der Waals surface area contributed by atoms with Crippen LogP contribution in [0.4, 0.5) is 0 Å². The molecule has 1 aliphatic rings. The van der Waals surface area contributed by atoms with Gasteiger partial charge in [0.2, 0.25) is 5.91 Å². The van der Waals surface area contributed by atoms with Crippen LogP contribution in [0.25, 0.3) is 0 Å². The molecule has 1 atom stereocenters. The van der Waals surface area contributed by atoms with Crippen molar-refractivity contribution in [2.24, 2.45) is 5.92 Å². The first-order valence-electron chi connectivity index (χ1n) is 11.5. The van der Waals surface area contributed by atoms with Gasteiger partial charge in [-0.2, -0.15) is 0 Å². The number of rotatable bonds is 8. The van der Waals surface area contributed by atoms with Crippen molar-refractivity contribution >= 4 is 17.7 Å². The number of carbonyl (C=O) groups excluding carboxylic acids is 3. The summed E-state index contributed by atoms with van der Waals surface area (Å²) in [6.07, 6.45) is 1.22. The number of hydrogen-bond donors (Lipinski definition) is 2. The molecule has 34 heavy (non-hydrogen) atoms. The molecule has 0 bridgehead atoms. The largest absolute Gasteiger partial charge is 0.497 e. The minimum absolute atomic E-state index is 0.0495. The third-order valence-electron chi connectivity index (χ3n) is 5.99. The van der Waals surface area contributed by atoms with E-state index in [1.54, 1.807) is 67.7 Å². The summed E-state index contributed by atoms with van der Waals surface area (Å²) in [6, 6.07) is 13.1. The fourth-order valence-electron chi connectivity index (χ4n) is 4.09. The fourth-order valence-corrected chi connectivity index (χ4v) is 4.09. The van der Waals surface area contributed by atoms with Crippen LogP contribution in [0.2, 0.25) is 0 Å². The standard InChI is InChI=1S/C26H33N3O5/c1-17(2)27-25(31)23(28-24(30)19-5-9-21(33-3)10-6-19)18-13-15-29(16-14-18)26(32)20-7-11-22(34-4)12-8-20/h5-12,17-18,23H,13-16H2,1-4H3,(H,27,31)(H,28,30). The molecule has 0 saturated carbocycles. The number of carbonyl (C=O) groups is 3. The zero-order valence-electron chi connectivity index (χ0n) is 20.2. The Bertz CT molecular complexity index is 981. The smallest absolute Gasteiger partial charge is 0.253 e. The first-order valence-corrected chi connectivity index (χ1v) is 11.5. The van der Waals surface area contributed by atoms with Crippen molar-refractivity contribution in [3.05, 3.63) is 59.7 Å². The third kappa shape index (κ3) is 6.27. The summed E-state index contributed by atoms with van der Waals surface area (Å²) in [4.78, 5) is 40.6. The summed E-state index contributed by atoms with van der Waals surface area (Å²) in [5.41, 5.74) is 1.05. The highest BCUT2D eigenvalue weighted by atomic mass is 16.5. The molecule has 0 spiro atoms. The summed E-state index contributed by atoms with van der Waals surface area (Å²) >= 11 is 0. The van der Waals surface area contributed by atoms with Crippen LogP contribution < -0.4 is 20.1 Å².